The van der Waals surface area contributed by atoms with E-state index in [1.54, 1.807) is 10.7 Å². The summed E-state index contributed by atoms with van der Waals surface area (Å²) in [6, 6.07) is 13.4. The van der Waals surface area contributed by atoms with Crippen LogP contribution in [0.4, 0.5) is 0 Å². The Bertz CT molecular complexity index is 1150. The molecule has 8 heteroatoms. The van der Waals surface area contributed by atoms with Crippen LogP contribution in [0, 0.1) is 13.8 Å². The molecular weight excluding hydrogens is 348 g/mol. The summed E-state index contributed by atoms with van der Waals surface area (Å²) in [6.45, 7) is 4.05. The van der Waals surface area contributed by atoms with Crippen molar-refractivity contribution in [3.63, 3.8) is 0 Å². The van der Waals surface area contributed by atoms with Crippen LogP contribution in [0.5, 0.6) is 0 Å². The lowest BCUT2D eigenvalue weighted by Gasteiger charge is -2.08. The molecule has 2 heterocycles. The van der Waals surface area contributed by atoms with Crippen molar-refractivity contribution < 1.29 is 0 Å². The van der Waals surface area contributed by atoms with E-state index in [4.69, 9.17) is 0 Å². The van der Waals surface area contributed by atoms with Crippen LogP contribution in [-0.2, 0) is 5.75 Å². The number of aromatic amines is 1. The highest BCUT2D eigenvalue weighted by Gasteiger charge is 2.13. The molecule has 130 valence electrons. The minimum atomic E-state index is -0.139. The van der Waals surface area contributed by atoms with Crippen molar-refractivity contribution in [1.82, 2.24) is 30.2 Å². The lowest BCUT2D eigenvalue weighted by atomic mass is 10.1. The topological polar surface area (TPSA) is 89.3 Å². The number of aromatic nitrogens is 6. The minimum absolute atomic E-state index is 0.139. The van der Waals surface area contributed by atoms with E-state index < -0.39 is 0 Å². The van der Waals surface area contributed by atoms with E-state index in [1.807, 2.05) is 44.2 Å². The molecule has 0 saturated heterocycles. The van der Waals surface area contributed by atoms with Crippen molar-refractivity contribution in [2.45, 2.75) is 24.8 Å². The quantitative estimate of drug-likeness (QED) is 0.560. The molecule has 0 fully saturated rings. The van der Waals surface area contributed by atoms with Gasteiger partial charge >= 0.3 is 0 Å². The number of nitrogens with zero attached hydrogens (tertiary/aromatic N) is 5. The van der Waals surface area contributed by atoms with Crippen LogP contribution in [0.1, 0.15) is 17.0 Å². The second kappa shape index (κ2) is 6.72. The molecule has 0 aliphatic heterocycles. The number of hydrogen-bond acceptors (Lipinski definition) is 6. The monoisotopic (exact) mass is 364 g/mol. The summed E-state index contributed by atoms with van der Waals surface area (Å²) in [7, 11) is 0. The number of H-pyrrole nitrogens is 1. The van der Waals surface area contributed by atoms with E-state index in [0.29, 0.717) is 27.6 Å². The molecule has 0 aliphatic carbocycles. The van der Waals surface area contributed by atoms with Gasteiger partial charge in [-0.25, -0.2) is 4.98 Å². The summed E-state index contributed by atoms with van der Waals surface area (Å²) in [5.74, 6) is 1.06. The zero-order valence-corrected chi connectivity index (χ0v) is 15.1. The van der Waals surface area contributed by atoms with Gasteiger partial charge in [0.25, 0.3) is 5.56 Å². The fraction of sp³-hybridized carbons (Fsp3) is 0.167. The van der Waals surface area contributed by atoms with Gasteiger partial charge in [0.05, 0.1) is 22.3 Å². The molecule has 0 amide bonds. The van der Waals surface area contributed by atoms with Crippen LogP contribution in [0.3, 0.4) is 0 Å². The summed E-state index contributed by atoms with van der Waals surface area (Å²) in [5, 5.41) is 13.2. The van der Waals surface area contributed by atoms with Gasteiger partial charge < -0.3 is 4.98 Å². The Kier molecular flexibility index (Phi) is 4.26. The first-order valence-corrected chi connectivity index (χ1v) is 9.07. The Morgan fingerprint density at radius 1 is 1.15 bits per heavy atom. The highest BCUT2D eigenvalue weighted by molar-refractivity contribution is 7.98. The van der Waals surface area contributed by atoms with Crippen molar-refractivity contribution in [1.29, 1.82) is 0 Å². The standard InChI is InChI=1S/C18H16N6OS/c1-11-7-8-12(2)15(9-11)24-18(21-22-23-24)26-10-16-19-14-6-4-3-5-13(14)17(25)20-16/h3-9H,10H2,1-2H3,(H,19,20,25). The van der Waals surface area contributed by atoms with Crippen molar-refractivity contribution >= 4 is 22.7 Å². The fourth-order valence-electron chi connectivity index (χ4n) is 2.70. The van der Waals surface area contributed by atoms with Crippen LogP contribution in [0.2, 0.25) is 0 Å². The van der Waals surface area contributed by atoms with Crippen LogP contribution >= 0.6 is 11.8 Å². The number of benzene rings is 2. The predicted octanol–water partition coefficient (Wildman–Crippen LogP) is 2.81. The molecule has 0 bridgehead atoms. The fourth-order valence-corrected chi connectivity index (χ4v) is 3.46. The van der Waals surface area contributed by atoms with Crippen LogP contribution < -0.4 is 5.56 Å². The summed E-state index contributed by atoms with van der Waals surface area (Å²) < 4.78 is 1.71. The summed E-state index contributed by atoms with van der Waals surface area (Å²) in [4.78, 5) is 19.5. The average Bonchev–Trinajstić information content (AvgIpc) is 3.10. The third-order valence-electron chi connectivity index (χ3n) is 4.03. The maximum atomic E-state index is 12.2. The SMILES string of the molecule is Cc1ccc(C)c(-n2nnnc2SCc2nc3ccccc3c(=O)[nH]2)c1. The van der Waals surface area contributed by atoms with E-state index in [1.165, 1.54) is 11.8 Å². The first-order chi connectivity index (χ1) is 12.6. The Labute approximate surface area is 153 Å². The van der Waals surface area contributed by atoms with Crippen molar-refractivity contribution in [2.75, 3.05) is 0 Å². The predicted molar refractivity (Wildman–Crippen MR) is 101 cm³/mol. The van der Waals surface area contributed by atoms with Gasteiger partial charge in [-0.15, -0.1) is 5.10 Å². The molecule has 0 unspecified atom stereocenters. The molecule has 1 N–H and O–H groups in total. The summed E-state index contributed by atoms with van der Waals surface area (Å²) in [6.07, 6.45) is 0. The molecule has 0 aliphatic rings. The van der Waals surface area contributed by atoms with Crippen LogP contribution in [0.25, 0.3) is 16.6 Å². The Morgan fingerprint density at radius 2 is 2.00 bits per heavy atom. The number of nitrogens with one attached hydrogen (secondary N) is 1. The van der Waals surface area contributed by atoms with E-state index in [0.717, 1.165) is 16.8 Å². The smallest absolute Gasteiger partial charge is 0.258 e. The summed E-state index contributed by atoms with van der Waals surface area (Å²) in [5.41, 5.74) is 3.71. The molecule has 4 aromatic rings. The lowest BCUT2D eigenvalue weighted by Crippen LogP contribution is -2.11. The first kappa shape index (κ1) is 16.5. The number of fused-ring (bicyclic) bond motifs is 1. The van der Waals surface area contributed by atoms with Crippen molar-refractivity contribution in [3.8, 4) is 5.69 Å². The third-order valence-corrected chi connectivity index (χ3v) is 4.96. The maximum absolute atomic E-state index is 12.2. The van der Waals surface area contributed by atoms with E-state index in [2.05, 4.69) is 31.6 Å². The number of thioether (sulfide) groups is 1. The van der Waals surface area contributed by atoms with Gasteiger partial charge in [0.2, 0.25) is 5.16 Å². The molecular formula is C18H16N6OS. The van der Waals surface area contributed by atoms with Gasteiger partial charge in [-0.3, -0.25) is 4.79 Å². The number of aryl methyl sites for hydroxylation is 2. The number of hydrogen-bond donors (Lipinski definition) is 1. The average molecular weight is 364 g/mol. The van der Waals surface area contributed by atoms with Gasteiger partial charge in [-0.2, -0.15) is 4.68 Å². The number of rotatable bonds is 4. The van der Waals surface area contributed by atoms with Gasteiger partial charge in [0.1, 0.15) is 5.82 Å². The van der Waals surface area contributed by atoms with Gasteiger partial charge in [0, 0.05) is 0 Å². The third kappa shape index (κ3) is 3.11. The Balaban J connectivity index is 1.63. The molecule has 0 radical (unpaired) electrons. The maximum Gasteiger partial charge on any atom is 0.258 e. The van der Waals surface area contributed by atoms with Crippen LogP contribution in [-0.4, -0.2) is 30.2 Å². The molecule has 0 saturated carbocycles. The Hall–Kier alpha value is -3.00. The van der Waals surface area contributed by atoms with Crippen LogP contribution in [0.15, 0.2) is 52.4 Å². The molecule has 2 aromatic carbocycles. The first-order valence-electron chi connectivity index (χ1n) is 8.08. The molecule has 0 spiro atoms. The van der Waals surface area contributed by atoms with Gasteiger partial charge in [0.15, 0.2) is 0 Å². The zero-order valence-electron chi connectivity index (χ0n) is 14.3. The second-order valence-corrected chi connectivity index (χ2v) is 6.92. The van der Waals surface area contributed by atoms with E-state index in [-0.39, 0.29) is 5.56 Å². The van der Waals surface area contributed by atoms with E-state index >= 15 is 0 Å². The highest BCUT2D eigenvalue weighted by Crippen LogP contribution is 2.23. The van der Waals surface area contributed by atoms with Crippen molar-refractivity contribution in [3.05, 3.63) is 69.8 Å². The van der Waals surface area contributed by atoms with Gasteiger partial charge in [-0.1, -0.05) is 36.0 Å². The van der Waals surface area contributed by atoms with Gasteiger partial charge in [-0.05, 0) is 53.6 Å². The highest BCUT2D eigenvalue weighted by atomic mass is 32.2. The lowest BCUT2D eigenvalue weighted by molar-refractivity contribution is 0.751. The number of tetrazole rings is 1. The zero-order chi connectivity index (χ0) is 18.1. The number of para-hydroxylation sites is 1. The second-order valence-electron chi connectivity index (χ2n) is 5.98. The van der Waals surface area contributed by atoms with E-state index in [9.17, 15) is 4.79 Å². The molecule has 2 aromatic heterocycles. The molecule has 4 rings (SSSR count). The normalized spacial score (nSPS) is 11.2. The molecule has 26 heavy (non-hydrogen) atoms. The molecule has 0 atom stereocenters. The molecule has 7 nitrogen and oxygen atoms in total. The summed E-state index contributed by atoms with van der Waals surface area (Å²) >= 11 is 1.43. The van der Waals surface area contributed by atoms with Crippen molar-refractivity contribution in [2.24, 2.45) is 0 Å². The largest absolute Gasteiger partial charge is 0.309 e. The Morgan fingerprint density at radius 3 is 2.88 bits per heavy atom. The minimum Gasteiger partial charge on any atom is -0.309 e.